The Morgan fingerprint density at radius 1 is 1.54 bits per heavy atom. The van der Waals surface area contributed by atoms with Crippen molar-refractivity contribution in [2.45, 2.75) is 13.0 Å². The van der Waals surface area contributed by atoms with Crippen LogP contribution in [0.3, 0.4) is 0 Å². The molecule has 0 fully saturated rings. The maximum Gasteiger partial charge on any atom is 0.266 e. The largest absolute Gasteiger partial charge is 0.396 e. The molecule has 72 valence electrons. The third-order valence-corrected chi connectivity index (χ3v) is 2.26. The van der Waals surface area contributed by atoms with Crippen molar-refractivity contribution >= 4 is 21.6 Å². The summed E-state index contributed by atoms with van der Waals surface area (Å²) in [5.74, 6) is 0. The van der Waals surface area contributed by atoms with Crippen molar-refractivity contribution < 1.29 is 8.78 Å². The number of hydrogen-bond donors (Lipinski definition) is 2. The zero-order valence-electron chi connectivity index (χ0n) is 6.60. The van der Waals surface area contributed by atoms with Gasteiger partial charge in [0.2, 0.25) is 0 Å². The molecule has 0 bridgehead atoms. The van der Waals surface area contributed by atoms with Gasteiger partial charge in [-0.2, -0.15) is 0 Å². The van der Waals surface area contributed by atoms with Gasteiger partial charge in [-0.25, -0.2) is 13.8 Å². The summed E-state index contributed by atoms with van der Waals surface area (Å²) in [6.45, 7) is 0.00412. The van der Waals surface area contributed by atoms with Crippen molar-refractivity contribution in [2.75, 3.05) is 5.73 Å². The topological polar surface area (TPSA) is 64.9 Å². The number of aromatic nitrogens is 1. The van der Waals surface area contributed by atoms with E-state index >= 15 is 0 Å². The molecule has 0 atom stereocenters. The summed E-state index contributed by atoms with van der Waals surface area (Å²) >= 11 is 2.97. The van der Waals surface area contributed by atoms with Crippen molar-refractivity contribution in [2.24, 2.45) is 5.73 Å². The molecule has 1 heterocycles. The second-order valence-electron chi connectivity index (χ2n) is 2.41. The van der Waals surface area contributed by atoms with Crippen LogP contribution in [0.4, 0.5) is 14.5 Å². The van der Waals surface area contributed by atoms with E-state index in [1.165, 1.54) is 6.20 Å². The van der Waals surface area contributed by atoms with Gasteiger partial charge in [-0.1, -0.05) is 0 Å². The maximum absolute atomic E-state index is 12.5. The Morgan fingerprint density at radius 2 is 2.15 bits per heavy atom. The second-order valence-corrected chi connectivity index (χ2v) is 3.16. The number of halogens is 3. The van der Waals surface area contributed by atoms with E-state index in [0.717, 1.165) is 0 Å². The molecule has 0 aromatic carbocycles. The zero-order valence-corrected chi connectivity index (χ0v) is 8.18. The van der Waals surface area contributed by atoms with Gasteiger partial charge in [0.15, 0.2) is 0 Å². The van der Waals surface area contributed by atoms with Crippen molar-refractivity contribution in [3.05, 3.63) is 21.9 Å². The fourth-order valence-corrected chi connectivity index (χ4v) is 1.29. The molecule has 1 aromatic heterocycles. The van der Waals surface area contributed by atoms with Crippen LogP contribution in [0.1, 0.15) is 17.6 Å². The van der Waals surface area contributed by atoms with Crippen LogP contribution in [0.15, 0.2) is 10.8 Å². The quantitative estimate of drug-likeness (QED) is 0.789. The molecular weight excluding hydrogens is 244 g/mol. The van der Waals surface area contributed by atoms with Gasteiger partial charge in [0, 0.05) is 18.3 Å². The van der Waals surface area contributed by atoms with Crippen molar-refractivity contribution in [3.63, 3.8) is 0 Å². The standard InChI is InChI=1S/C7H8BrF2N3/c8-6-5(12)4(7(9)10)3(1-11)2-13-6/h2,7H,1,11-12H2. The Labute approximate surface area is 82.3 Å². The molecule has 0 aliphatic carbocycles. The number of pyridine rings is 1. The first kappa shape index (κ1) is 10.3. The number of nitrogens with two attached hydrogens (primary N) is 2. The lowest BCUT2D eigenvalue weighted by atomic mass is 10.1. The summed E-state index contributed by atoms with van der Waals surface area (Å²) in [5.41, 5.74) is 10.7. The molecule has 0 spiro atoms. The fourth-order valence-electron chi connectivity index (χ4n) is 0.978. The summed E-state index contributed by atoms with van der Waals surface area (Å²) in [4.78, 5) is 3.77. The Balaban J connectivity index is 3.32. The number of alkyl halides is 2. The van der Waals surface area contributed by atoms with Crippen LogP contribution in [-0.2, 0) is 6.54 Å². The summed E-state index contributed by atoms with van der Waals surface area (Å²) in [7, 11) is 0. The van der Waals surface area contributed by atoms with E-state index in [1.807, 2.05) is 0 Å². The fraction of sp³-hybridized carbons (Fsp3) is 0.286. The molecule has 0 aliphatic heterocycles. The van der Waals surface area contributed by atoms with Gasteiger partial charge >= 0.3 is 0 Å². The zero-order chi connectivity index (χ0) is 10.0. The number of nitrogens with zero attached hydrogens (tertiary/aromatic N) is 1. The van der Waals surface area contributed by atoms with Crippen molar-refractivity contribution in [1.82, 2.24) is 4.98 Å². The monoisotopic (exact) mass is 251 g/mol. The SMILES string of the molecule is NCc1cnc(Br)c(N)c1C(F)F. The Bertz CT molecular complexity index is 317. The van der Waals surface area contributed by atoms with Crippen LogP contribution in [0.2, 0.25) is 0 Å². The first-order chi connectivity index (χ1) is 6.07. The molecule has 0 unspecified atom stereocenters. The van der Waals surface area contributed by atoms with Gasteiger partial charge in [-0.3, -0.25) is 0 Å². The molecule has 0 aliphatic rings. The predicted octanol–water partition coefficient (Wildman–Crippen LogP) is 1.82. The Kier molecular flexibility index (Phi) is 3.16. The summed E-state index contributed by atoms with van der Waals surface area (Å²) in [6, 6.07) is 0. The van der Waals surface area contributed by atoms with Crippen LogP contribution in [0, 0.1) is 0 Å². The summed E-state index contributed by atoms with van der Waals surface area (Å²) in [6.07, 6.45) is -1.33. The molecule has 0 radical (unpaired) electrons. The molecule has 4 N–H and O–H groups in total. The van der Waals surface area contributed by atoms with E-state index in [4.69, 9.17) is 11.5 Å². The highest BCUT2D eigenvalue weighted by Crippen LogP contribution is 2.31. The smallest absolute Gasteiger partial charge is 0.266 e. The Hall–Kier alpha value is -0.750. The molecule has 6 heteroatoms. The molecule has 1 rings (SSSR count). The van der Waals surface area contributed by atoms with Crippen molar-refractivity contribution in [3.8, 4) is 0 Å². The summed E-state index contributed by atoms with van der Waals surface area (Å²) < 4.78 is 25.2. The third-order valence-electron chi connectivity index (χ3n) is 1.63. The molecule has 0 amide bonds. The minimum Gasteiger partial charge on any atom is -0.396 e. The van der Waals surface area contributed by atoms with Gasteiger partial charge in [-0.15, -0.1) is 0 Å². The summed E-state index contributed by atoms with van der Waals surface area (Å²) in [5, 5.41) is 0. The second kappa shape index (κ2) is 3.97. The average molecular weight is 252 g/mol. The predicted molar refractivity (Wildman–Crippen MR) is 49.2 cm³/mol. The number of nitrogen functional groups attached to an aromatic ring is 1. The van der Waals surface area contributed by atoms with Crippen LogP contribution in [0.25, 0.3) is 0 Å². The van der Waals surface area contributed by atoms with Gasteiger partial charge in [0.05, 0.1) is 5.69 Å². The van der Waals surface area contributed by atoms with Gasteiger partial charge in [0.25, 0.3) is 6.43 Å². The third kappa shape index (κ3) is 1.94. The highest BCUT2D eigenvalue weighted by Gasteiger charge is 2.18. The normalized spacial score (nSPS) is 10.8. The van der Waals surface area contributed by atoms with Crippen LogP contribution < -0.4 is 11.5 Å². The molecule has 1 aromatic rings. The van der Waals surface area contributed by atoms with E-state index in [9.17, 15) is 8.78 Å². The van der Waals surface area contributed by atoms with E-state index in [-0.39, 0.29) is 28.0 Å². The lowest BCUT2D eigenvalue weighted by Crippen LogP contribution is -2.07. The lowest BCUT2D eigenvalue weighted by Gasteiger charge is -2.10. The van der Waals surface area contributed by atoms with Crippen LogP contribution in [0.5, 0.6) is 0 Å². The van der Waals surface area contributed by atoms with E-state index in [0.29, 0.717) is 0 Å². The van der Waals surface area contributed by atoms with E-state index in [2.05, 4.69) is 20.9 Å². The van der Waals surface area contributed by atoms with Gasteiger partial charge in [0.1, 0.15) is 4.60 Å². The van der Waals surface area contributed by atoms with E-state index in [1.54, 1.807) is 0 Å². The molecular formula is C7H8BrF2N3. The number of hydrogen-bond acceptors (Lipinski definition) is 3. The maximum atomic E-state index is 12.5. The highest BCUT2D eigenvalue weighted by molar-refractivity contribution is 9.10. The molecule has 0 saturated carbocycles. The number of rotatable bonds is 2. The van der Waals surface area contributed by atoms with Crippen molar-refractivity contribution in [1.29, 1.82) is 0 Å². The minimum absolute atomic E-state index is 0.00412. The first-order valence-corrected chi connectivity index (χ1v) is 4.28. The molecule has 3 nitrogen and oxygen atoms in total. The Morgan fingerprint density at radius 3 is 2.62 bits per heavy atom. The minimum atomic E-state index is -2.63. The van der Waals surface area contributed by atoms with E-state index < -0.39 is 6.43 Å². The van der Waals surface area contributed by atoms with Gasteiger partial charge in [-0.05, 0) is 21.5 Å². The molecule has 13 heavy (non-hydrogen) atoms. The van der Waals surface area contributed by atoms with Crippen LogP contribution in [-0.4, -0.2) is 4.98 Å². The number of anilines is 1. The highest BCUT2D eigenvalue weighted by atomic mass is 79.9. The molecule has 0 saturated heterocycles. The van der Waals surface area contributed by atoms with Crippen LogP contribution >= 0.6 is 15.9 Å². The first-order valence-electron chi connectivity index (χ1n) is 3.49. The average Bonchev–Trinajstić information content (AvgIpc) is 2.08. The van der Waals surface area contributed by atoms with Gasteiger partial charge < -0.3 is 11.5 Å². The lowest BCUT2D eigenvalue weighted by molar-refractivity contribution is 0.151.